The fourth-order valence-electron chi connectivity index (χ4n) is 5.11. The molecule has 7 heteroatoms. The summed E-state index contributed by atoms with van der Waals surface area (Å²) < 4.78 is 31.8. The lowest BCUT2D eigenvalue weighted by molar-refractivity contribution is -0.133. The number of carbonyl (C=O) groups is 1. The largest absolute Gasteiger partial charge is 0.353 e. The van der Waals surface area contributed by atoms with Gasteiger partial charge in [-0.3, -0.25) is 4.79 Å². The Balaban J connectivity index is 1.69. The number of rotatable bonds is 9. The van der Waals surface area contributed by atoms with Crippen LogP contribution < -0.4 is 0 Å². The fraction of sp³-hybridized carbons (Fsp3) is 0.464. The van der Waals surface area contributed by atoms with Crippen molar-refractivity contribution in [2.24, 2.45) is 13.0 Å². The van der Waals surface area contributed by atoms with E-state index in [2.05, 4.69) is 13.8 Å². The zero-order chi connectivity index (χ0) is 25.0. The summed E-state index contributed by atoms with van der Waals surface area (Å²) in [5.74, 6) is 0.131. The van der Waals surface area contributed by atoms with E-state index in [0.29, 0.717) is 18.5 Å². The van der Waals surface area contributed by atoms with Crippen molar-refractivity contribution in [1.82, 2.24) is 13.8 Å². The highest BCUT2D eigenvalue weighted by atomic mass is 32.2. The third-order valence-corrected chi connectivity index (χ3v) is 8.91. The average Bonchev–Trinajstić information content (AvgIpc) is 3.25. The van der Waals surface area contributed by atoms with E-state index in [1.54, 1.807) is 12.1 Å². The first-order chi connectivity index (χ1) is 16.8. The van der Waals surface area contributed by atoms with E-state index in [0.717, 1.165) is 43.2 Å². The molecule has 0 N–H and O–H groups in total. The van der Waals surface area contributed by atoms with Gasteiger partial charge in [0.05, 0.1) is 18.0 Å². The molecule has 1 heterocycles. The number of benzene rings is 2. The second-order valence-corrected chi connectivity index (χ2v) is 12.0. The van der Waals surface area contributed by atoms with Gasteiger partial charge in [0.25, 0.3) is 0 Å². The lowest BCUT2D eigenvalue weighted by atomic mass is 9.95. The Kier molecular flexibility index (Phi) is 7.97. The maximum Gasteiger partial charge on any atom is 0.244 e. The normalized spacial score (nSPS) is 15.2. The second kappa shape index (κ2) is 11.0. The first-order valence-corrected chi connectivity index (χ1v) is 14.1. The van der Waals surface area contributed by atoms with E-state index in [-0.39, 0.29) is 29.3 Å². The summed E-state index contributed by atoms with van der Waals surface area (Å²) in [6, 6.07) is 16.7. The van der Waals surface area contributed by atoms with Crippen molar-refractivity contribution in [3.8, 4) is 0 Å². The zero-order valence-corrected chi connectivity index (χ0v) is 21.9. The molecule has 0 saturated heterocycles. The standard InChI is InChI=1S/C28H37N3O3S/c1-22(2)19-30(20-25-15-10-18-29(25)3)28(32)21-31(24-13-5-4-6-14-24)35(33,34)27-17-9-12-23-11-7-8-16-26(23)27/h7-12,15-18,22,24H,4-6,13-14,19-21H2,1-3H3. The minimum Gasteiger partial charge on any atom is -0.353 e. The van der Waals surface area contributed by atoms with Crippen LogP contribution in [0.25, 0.3) is 10.8 Å². The van der Waals surface area contributed by atoms with Crippen LogP contribution in [0.5, 0.6) is 0 Å². The number of hydrogen-bond acceptors (Lipinski definition) is 3. The molecule has 0 atom stereocenters. The molecule has 35 heavy (non-hydrogen) atoms. The Morgan fingerprint density at radius 2 is 1.71 bits per heavy atom. The van der Waals surface area contributed by atoms with Gasteiger partial charge in [0, 0.05) is 36.9 Å². The molecule has 0 spiro atoms. The average molecular weight is 496 g/mol. The van der Waals surface area contributed by atoms with E-state index in [9.17, 15) is 13.2 Å². The van der Waals surface area contributed by atoms with Gasteiger partial charge >= 0.3 is 0 Å². The summed E-state index contributed by atoms with van der Waals surface area (Å²) in [5.41, 5.74) is 1.03. The van der Waals surface area contributed by atoms with Crippen LogP contribution >= 0.6 is 0 Å². The molecule has 188 valence electrons. The summed E-state index contributed by atoms with van der Waals surface area (Å²) in [6.07, 6.45) is 6.63. The van der Waals surface area contributed by atoms with Crippen molar-refractivity contribution in [3.05, 3.63) is 66.5 Å². The Morgan fingerprint density at radius 3 is 2.40 bits per heavy atom. The first kappa shape index (κ1) is 25.5. The van der Waals surface area contributed by atoms with E-state index < -0.39 is 10.0 Å². The highest BCUT2D eigenvalue weighted by Crippen LogP contribution is 2.31. The lowest BCUT2D eigenvalue weighted by Gasteiger charge is -2.35. The van der Waals surface area contributed by atoms with Gasteiger partial charge in [-0.2, -0.15) is 4.31 Å². The van der Waals surface area contributed by atoms with Crippen molar-refractivity contribution in [3.63, 3.8) is 0 Å². The fourth-order valence-corrected chi connectivity index (χ4v) is 6.96. The minimum atomic E-state index is -3.87. The van der Waals surface area contributed by atoms with Crippen molar-refractivity contribution in [2.75, 3.05) is 13.1 Å². The molecule has 3 aromatic rings. The topological polar surface area (TPSA) is 62.6 Å². The number of hydrogen-bond donors (Lipinski definition) is 0. The molecule has 0 radical (unpaired) electrons. The Bertz CT molecular complexity index is 1250. The first-order valence-electron chi connectivity index (χ1n) is 12.6. The molecule has 1 amide bonds. The SMILES string of the molecule is CC(C)CN(Cc1cccn1C)C(=O)CN(C1CCCCC1)S(=O)(=O)c1cccc2ccccc12. The Hall–Kier alpha value is -2.64. The smallest absolute Gasteiger partial charge is 0.244 e. The maximum absolute atomic E-state index is 14.1. The van der Waals surface area contributed by atoms with Crippen LogP contribution in [0, 0.1) is 5.92 Å². The molecule has 0 bridgehead atoms. The van der Waals surface area contributed by atoms with Crippen LogP contribution in [0.15, 0.2) is 65.7 Å². The van der Waals surface area contributed by atoms with Crippen LogP contribution in [0.2, 0.25) is 0 Å². The number of aromatic nitrogens is 1. The van der Waals surface area contributed by atoms with Gasteiger partial charge < -0.3 is 9.47 Å². The third kappa shape index (κ3) is 5.78. The van der Waals surface area contributed by atoms with Gasteiger partial charge in [0.15, 0.2) is 0 Å². The Morgan fingerprint density at radius 1 is 1.00 bits per heavy atom. The van der Waals surface area contributed by atoms with Gasteiger partial charge in [-0.25, -0.2) is 8.42 Å². The molecule has 1 aliphatic carbocycles. The van der Waals surface area contributed by atoms with E-state index in [1.807, 2.05) is 65.2 Å². The number of fused-ring (bicyclic) bond motifs is 1. The molecular weight excluding hydrogens is 458 g/mol. The van der Waals surface area contributed by atoms with Gasteiger partial charge in [-0.1, -0.05) is 69.5 Å². The lowest BCUT2D eigenvalue weighted by Crippen LogP contribution is -2.48. The number of carbonyl (C=O) groups excluding carboxylic acids is 1. The van der Waals surface area contributed by atoms with E-state index in [1.165, 1.54) is 4.31 Å². The number of nitrogens with zero attached hydrogens (tertiary/aromatic N) is 3. The summed E-state index contributed by atoms with van der Waals surface area (Å²) in [4.78, 5) is 15.8. The summed E-state index contributed by atoms with van der Waals surface area (Å²) in [5, 5.41) is 1.58. The molecular formula is C28H37N3O3S. The summed E-state index contributed by atoms with van der Waals surface area (Å²) in [6.45, 7) is 5.07. The van der Waals surface area contributed by atoms with Crippen LogP contribution in [0.4, 0.5) is 0 Å². The molecule has 1 aliphatic rings. The third-order valence-electron chi connectivity index (χ3n) is 6.95. The molecule has 1 aromatic heterocycles. The molecule has 4 rings (SSSR count). The monoisotopic (exact) mass is 495 g/mol. The van der Waals surface area contributed by atoms with Crippen LogP contribution in [-0.2, 0) is 28.4 Å². The van der Waals surface area contributed by atoms with Crippen LogP contribution in [0.3, 0.4) is 0 Å². The summed E-state index contributed by atoms with van der Waals surface area (Å²) in [7, 11) is -1.91. The van der Waals surface area contributed by atoms with Gasteiger partial charge in [-0.15, -0.1) is 0 Å². The zero-order valence-electron chi connectivity index (χ0n) is 21.1. The highest BCUT2D eigenvalue weighted by Gasteiger charge is 2.36. The van der Waals surface area contributed by atoms with Gasteiger partial charge in [-0.05, 0) is 42.3 Å². The maximum atomic E-state index is 14.1. The summed E-state index contributed by atoms with van der Waals surface area (Å²) >= 11 is 0. The van der Waals surface area contributed by atoms with Crippen molar-refractivity contribution >= 4 is 26.7 Å². The molecule has 2 aromatic carbocycles. The molecule has 0 aliphatic heterocycles. The van der Waals surface area contributed by atoms with Crippen molar-refractivity contribution in [2.45, 2.75) is 63.4 Å². The quantitative estimate of drug-likeness (QED) is 0.411. The van der Waals surface area contributed by atoms with Gasteiger partial charge in [0.1, 0.15) is 0 Å². The predicted octanol–water partition coefficient (Wildman–Crippen LogP) is 5.19. The van der Waals surface area contributed by atoms with E-state index >= 15 is 0 Å². The van der Waals surface area contributed by atoms with Gasteiger partial charge in [0.2, 0.25) is 15.9 Å². The second-order valence-electron chi connectivity index (χ2n) is 10.1. The van der Waals surface area contributed by atoms with Crippen molar-refractivity contribution in [1.29, 1.82) is 0 Å². The predicted molar refractivity (Wildman–Crippen MR) is 140 cm³/mol. The molecule has 1 fully saturated rings. The number of amides is 1. The van der Waals surface area contributed by atoms with Crippen molar-refractivity contribution < 1.29 is 13.2 Å². The highest BCUT2D eigenvalue weighted by molar-refractivity contribution is 7.89. The number of sulfonamides is 1. The molecule has 1 saturated carbocycles. The minimum absolute atomic E-state index is 0.132. The van der Waals surface area contributed by atoms with Crippen LogP contribution in [0.1, 0.15) is 51.6 Å². The molecule has 6 nitrogen and oxygen atoms in total. The van der Waals surface area contributed by atoms with Crippen LogP contribution in [-0.4, -0.2) is 47.2 Å². The van der Waals surface area contributed by atoms with E-state index in [4.69, 9.17) is 0 Å². The number of aryl methyl sites for hydroxylation is 1. The molecule has 0 unspecified atom stereocenters. The Labute approximate surface area is 209 Å².